The van der Waals surface area contributed by atoms with Crippen molar-refractivity contribution in [3.05, 3.63) is 35.4 Å². The second-order valence-electron chi connectivity index (χ2n) is 4.52. The average molecular weight is 290 g/mol. The molecule has 112 valence electrons. The largest absolute Gasteiger partial charge is 0.474 e. The number of carbonyl (C=O) groups excluding carboxylic acids is 2. The van der Waals surface area contributed by atoms with Crippen LogP contribution in [0.3, 0.4) is 0 Å². The number of carbonyl (C=O) groups is 2. The number of para-hydroxylation sites is 1. The van der Waals surface area contributed by atoms with E-state index in [4.69, 9.17) is 14.2 Å². The van der Waals surface area contributed by atoms with Crippen LogP contribution in [-0.2, 0) is 19.1 Å². The van der Waals surface area contributed by atoms with Crippen molar-refractivity contribution >= 4 is 17.5 Å². The number of fused-ring (bicyclic) bond motifs is 1. The molecule has 0 aliphatic carbocycles. The molecule has 5 heteroatoms. The van der Waals surface area contributed by atoms with Gasteiger partial charge in [-0.25, -0.2) is 9.59 Å². The van der Waals surface area contributed by atoms with E-state index < -0.39 is 18.0 Å². The minimum atomic E-state index is -0.917. The summed E-state index contributed by atoms with van der Waals surface area (Å²) in [7, 11) is 0. The Bertz CT molecular complexity index is 588. The van der Waals surface area contributed by atoms with Crippen LogP contribution in [-0.4, -0.2) is 31.3 Å². The Balaban J connectivity index is 2.49. The lowest BCUT2D eigenvalue weighted by Crippen LogP contribution is -2.35. The molecule has 1 aliphatic rings. The van der Waals surface area contributed by atoms with Crippen molar-refractivity contribution in [3.63, 3.8) is 0 Å². The van der Waals surface area contributed by atoms with Crippen LogP contribution in [0.1, 0.15) is 26.3 Å². The first kappa shape index (κ1) is 15.1. The summed E-state index contributed by atoms with van der Waals surface area (Å²) in [6, 6.07) is 7.07. The Morgan fingerprint density at radius 3 is 2.48 bits per heavy atom. The zero-order valence-electron chi connectivity index (χ0n) is 12.3. The number of ether oxygens (including phenoxy) is 3. The normalized spacial score (nSPS) is 16.8. The van der Waals surface area contributed by atoms with Crippen LogP contribution < -0.4 is 4.74 Å². The minimum Gasteiger partial charge on any atom is -0.474 e. The molecule has 0 spiro atoms. The quantitative estimate of drug-likeness (QED) is 0.797. The molecule has 2 rings (SSSR count). The molecule has 0 saturated heterocycles. The number of rotatable bonds is 4. The highest BCUT2D eigenvalue weighted by Crippen LogP contribution is 2.36. The maximum atomic E-state index is 12.2. The van der Waals surface area contributed by atoms with Crippen LogP contribution in [0.15, 0.2) is 29.8 Å². The molecule has 1 unspecified atom stereocenters. The summed E-state index contributed by atoms with van der Waals surface area (Å²) < 4.78 is 15.8. The van der Waals surface area contributed by atoms with E-state index in [1.54, 1.807) is 45.0 Å². The molecular formula is C16H18O5. The lowest BCUT2D eigenvalue weighted by molar-refractivity contribution is -0.149. The molecule has 0 radical (unpaired) electrons. The van der Waals surface area contributed by atoms with E-state index in [2.05, 4.69) is 0 Å². The average Bonchev–Trinajstić information content (AvgIpc) is 2.47. The summed E-state index contributed by atoms with van der Waals surface area (Å²) in [6.45, 7) is 5.66. The van der Waals surface area contributed by atoms with Gasteiger partial charge in [0.2, 0.25) is 6.10 Å². The first-order valence-corrected chi connectivity index (χ1v) is 6.90. The summed E-state index contributed by atoms with van der Waals surface area (Å²) >= 11 is 0. The van der Waals surface area contributed by atoms with Crippen molar-refractivity contribution < 1.29 is 23.8 Å². The van der Waals surface area contributed by atoms with Crippen molar-refractivity contribution in [3.8, 4) is 5.75 Å². The maximum Gasteiger partial charge on any atom is 0.351 e. The summed E-state index contributed by atoms with van der Waals surface area (Å²) in [5.41, 5.74) is 1.51. The first-order chi connectivity index (χ1) is 10.1. The summed E-state index contributed by atoms with van der Waals surface area (Å²) in [5, 5.41) is 0. The van der Waals surface area contributed by atoms with E-state index in [0.717, 1.165) is 0 Å². The van der Waals surface area contributed by atoms with Gasteiger partial charge >= 0.3 is 11.9 Å². The fourth-order valence-corrected chi connectivity index (χ4v) is 2.25. The highest BCUT2D eigenvalue weighted by Gasteiger charge is 2.35. The van der Waals surface area contributed by atoms with Crippen LogP contribution in [0.5, 0.6) is 5.75 Å². The lowest BCUT2D eigenvalue weighted by Gasteiger charge is -2.27. The van der Waals surface area contributed by atoms with Crippen LogP contribution in [0, 0.1) is 0 Å². The third kappa shape index (κ3) is 2.91. The van der Waals surface area contributed by atoms with Crippen molar-refractivity contribution in [2.24, 2.45) is 0 Å². The number of hydrogen-bond acceptors (Lipinski definition) is 5. The van der Waals surface area contributed by atoms with E-state index >= 15 is 0 Å². The molecule has 1 aliphatic heterocycles. The Kier molecular flexibility index (Phi) is 4.62. The number of esters is 2. The topological polar surface area (TPSA) is 61.8 Å². The lowest BCUT2D eigenvalue weighted by atomic mass is 9.93. The molecule has 1 aromatic carbocycles. The monoisotopic (exact) mass is 290 g/mol. The summed E-state index contributed by atoms with van der Waals surface area (Å²) in [5.74, 6) is -0.490. The van der Waals surface area contributed by atoms with E-state index in [1.807, 2.05) is 0 Å². The van der Waals surface area contributed by atoms with Gasteiger partial charge in [-0.05, 0) is 32.4 Å². The molecule has 0 aromatic heterocycles. The third-order valence-corrected chi connectivity index (χ3v) is 3.17. The molecule has 0 bridgehead atoms. The SMILES string of the molecule is CCOC(=O)C1=C(C)C(C(=O)OCC)Oc2ccccc21. The molecule has 0 saturated carbocycles. The van der Waals surface area contributed by atoms with Gasteiger partial charge in [0.25, 0.3) is 0 Å². The van der Waals surface area contributed by atoms with Crippen LogP contribution in [0.4, 0.5) is 0 Å². The zero-order chi connectivity index (χ0) is 15.4. The highest BCUT2D eigenvalue weighted by atomic mass is 16.6. The number of benzene rings is 1. The van der Waals surface area contributed by atoms with Gasteiger partial charge in [0.1, 0.15) is 5.75 Å². The van der Waals surface area contributed by atoms with Gasteiger partial charge in [0.15, 0.2) is 0 Å². The molecular weight excluding hydrogens is 272 g/mol. The third-order valence-electron chi connectivity index (χ3n) is 3.17. The minimum absolute atomic E-state index is 0.252. The van der Waals surface area contributed by atoms with E-state index in [-0.39, 0.29) is 13.2 Å². The Morgan fingerprint density at radius 1 is 1.14 bits per heavy atom. The van der Waals surface area contributed by atoms with Crippen molar-refractivity contribution in [2.45, 2.75) is 26.9 Å². The van der Waals surface area contributed by atoms with Crippen LogP contribution in [0.25, 0.3) is 5.57 Å². The van der Waals surface area contributed by atoms with E-state index in [1.165, 1.54) is 0 Å². The predicted molar refractivity (Wildman–Crippen MR) is 76.7 cm³/mol. The first-order valence-electron chi connectivity index (χ1n) is 6.90. The van der Waals surface area contributed by atoms with Gasteiger partial charge in [-0.3, -0.25) is 0 Å². The maximum absolute atomic E-state index is 12.2. The summed E-state index contributed by atoms with van der Waals surface area (Å²) in [4.78, 5) is 24.2. The van der Waals surface area contributed by atoms with Gasteiger partial charge in [-0.1, -0.05) is 18.2 Å². The second-order valence-corrected chi connectivity index (χ2v) is 4.52. The molecule has 1 atom stereocenters. The molecule has 0 amide bonds. The van der Waals surface area contributed by atoms with Gasteiger partial charge in [-0.2, -0.15) is 0 Å². The predicted octanol–water partition coefficient (Wildman–Crippen LogP) is 2.35. The molecule has 0 N–H and O–H groups in total. The second kappa shape index (κ2) is 6.43. The van der Waals surface area contributed by atoms with Crippen molar-refractivity contribution in [1.82, 2.24) is 0 Å². The summed E-state index contributed by atoms with van der Waals surface area (Å²) in [6.07, 6.45) is -0.917. The fraction of sp³-hybridized carbons (Fsp3) is 0.375. The van der Waals surface area contributed by atoms with Gasteiger partial charge in [-0.15, -0.1) is 0 Å². The van der Waals surface area contributed by atoms with Crippen molar-refractivity contribution in [1.29, 1.82) is 0 Å². The molecule has 0 fully saturated rings. The Hall–Kier alpha value is -2.30. The van der Waals surface area contributed by atoms with E-state index in [9.17, 15) is 9.59 Å². The van der Waals surface area contributed by atoms with Crippen molar-refractivity contribution in [2.75, 3.05) is 13.2 Å². The molecule has 1 aromatic rings. The molecule has 5 nitrogen and oxygen atoms in total. The Labute approximate surface area is 123 Å². The molecule has 1 heterocycles. The van der Waals surface area contributed by atoms with E-state index in [0.29, 0.717) is 22.5 Å². The van der Waals surface area contributed by atoms with Gasteiger partial charge in [0.05, 0.1) is 18.8 Å². The van der Waals surface area contributed by atoms with Gasteiger partial charge < -0.3 is 14.2 Å². The Morgan fingerprint density at radius 2 is 1.81 bits per heavy atom. The smallest absolute Gasteiger partial charge is 0.351 e. The van der Waals surface area contributed by atoms with Crippen LogP contribution >= 0.6 is 0 Å². The van der Waals surface area contributed by atoms with Gasteiger partial charge in [0, 0.05) is 5.56 Å². The number of hydrogen-bond donors (Lipinski definition) is 0. The highest BCUT2D eigenvalue weighted by molar-refractivity contribution is 6.19. The molecule has 21 heavy (non-hydrogen) atoms. The van der Waals surface area contributed by atoms with Crippen LogP contribution in [0.2, 0.25) is 0 Å². The fourth-order valence-electron chi connectivity index (χ4n) is 2.25. The zero-order valence-corrected chi connectivity index (χ0v) is 12.3. The standard InChI is InChI=1S/C16H18O5/c1-4-19-15(17)13-10(3)14(16(18)20-5-2)21-12-9-7-6-8-11(12)13/h6-9,14H,4-5H2,1-3H3.